The molecule has 2 amide bonds. The summed E-state index contributed by atoms with van der Waals surface area (Å²) in [6.45, 7) is 0.941. The second kappa shape index (κ2) is 11.4. The average Bonchev–Trinajstić information content (AvgIpc) is 2.86. The molecule has 4 rings (SSSR count). The summed E-state index contributed by atoms with van der Waals surface area (Å²) in [7, 11) is 0. The van der Waals surface area contributed by atoms with Crippen LogP contribution >= 0.6 is 12.6 Å². The molecule has 0 radical (unpaired) electrons. The second-order valence-corrected chi connectivity index (χ2v) is 7.95. The van der Waals surface area contributed by atoms with E-state index in [0.717, 1.165) is 5.56 Å². The minimum atomic E-state index is -0.479. The third kappa shape index (κ3) is 5.99. The number of carbonyl (C=O) groups is 1. The van der Waals surface area contributed by atoms with Gasteiger partial charge in [0.2, 0.25) is 0 Å². The van der Waals surface area contributed by atoms with Gasteiger partial charge in [-0.3, -0.25) is 9.56 Å². The molecule has 0 saturated carbocycles. The van der Waals surface area contributed by atoms with Crippen LogP contribution in [0.5, 0.6) is 17.2 Å². The van der Waals surface area contributed by atoms with Crippen molar-refractivity contribution in [3.63, 3.8) is 0 Å². The van der Waals surface area contributed by atoms with Crippen molar-refractivity contribution in [1.29, 1.82) is 0 Å². The maximum atomic E-state index is 12.4. The Kier molecular flexibility index (Phi) is 7.80. The SMILES string of the molecule is NC(N)=NCCn1cc2c(nc1=O)Nc1c(OCCNC(=O)Nc3ccccc3CS)cccc1O2. The predicted molar refractivity (Wildman–Crippen MR) is 141 cm³/mol. The molecular formula is C23H26N8O4S. The minimum Gasteiger partial charge on any atom is -0.489 e. The Hall–Kier alpha value is -4.39. The highest BCUT2D eigenvalue weighted by atomic mass is 32.1. The zero-order valence-electron chi connectivity index (χ0n) is 19.2. The van der Waals surface area contributed by atoms with Crippen LogP contribution in [-0.2, 0) is 12.3 Å². The van der Waals surface area contributed by atoms with Crippen LogP contribution < -0.4 is 42.6 Å². The minimum absolute atomic E-state index is 0.0528. The number of ether oxygens (including phenoxy) is 2. The molecule has 0 aliphatic carbocycles. The Bertz CT molecular complexity index is 1340. The highest BCUT2D eigenvalue weighted by molar-refractivity contribution is 7.79. The molecule has 0 bridgehead atoms. The normalized spacial score (nSPS) is 11.2. The number of carbonyl (C=O) groups excluding carboxylic acids is 1. The lowest BCUT2D eigenvalue weighted by atomic mass is 10.2. The number of anilines is 3. The van der Waals surface area contributed by atoms with Crippen LogP contribution in [0.2, 0.25) is 0 Å². The number of hydrogen-bond donors (Lipinski definition) is 6. The number of aromatic nitrogens is 2. The number of nitrogens with zero attached hydrogens (tertiary/aromatic N) is 3. The fourth-order valence-corrected chi connectivity index (χ4v) is 3.71. The van der Waals surface area contributed by atoms with Gasteiger partial charge < -0.3 is 36.9 Å². The molecule has 0 spiro atoms. The molecule has 188 valence electrons. The molecular weight excluding hydrogens is 484 g/mol. The number of rotatable bonds is 9. The third-order valence-corrected chi connectivity index (χ3v) is 5.47. The Morgan fingerprint density at radius 3 is 2.83 bits per heavy atom. The van der Waals surface area contributed by atoms with E-state index in [9.17, 15) is 9.59 Å². The van der Waals surface area contributed by atoms with E-state index in [1.165, 1.54) is 4.57 Å². The lowest BCUT2D eigenvalue weighted by Crippen LogP contribution is -2.32. The molecule has 2 aromatic carbocycles. The quantitative estimate of drug-likeness (QED) is 0.0859. The van der Waals surface area contributed by atoms with Gasteiger partial charge in [0, 0.05) is 18.0 Å². The van der Waals surface area contributed by atoms with E-state index >= 15 is 0 Å². The first-order chi connectivity index (χ1) is 17.4. The largest absolute Gasteiger partial charge is 0.489 e. The molecule has 36 heavy (non-hydrogen) atoms. The summed E-state index contributed by atoms with van der Waals surface area (Å²) in [5, 5.41) is 8.65. The molecule has 12 nitrogen and oxygen atoms in total. The number of hydrogen-bond acceptors (Lipinski definition) is 8. The first kappa shape index (κ1) is 24.7. The van der Waals surface area contributed by atoms with Crippen LogP contribution in [0.25, 0.3) is 0 Å². The van der Waals surface area contributed by atoms with Gasteiger partial charge in [0.05, 0.1) is 19.3 Å². The van der Waals surface area contributed by atoms with Crippen LogP contribution in [0.1, 0.15) is 5.56 Å². The van der Waals surface area contributed by atoms with E-state index in [0.29, 0.717) is 34.4 Å². The van der Waals surface area contributed by atoms with E-state index in [1.807, 2.05) is 24.3 Å². The fourth-order valence-electron chi connectivity index (χ4n) is 3.43. The van der Waals surface area contributed by atoms with Gasteiger partial charge in [0.15, 0.2) is 23.3 Å². The zero-order chi connectivity index (χ0) is 25.5. The molecule has 2 heterocycles. The molecule has 1 aromatic heterocycles. The Morgan fingerprint density at radius 2 is 2.03 bits per heavy atom. The standard InChI is InChI=1S/C23H26N8O4S/c24-21(25)26-8-10-31-12-18-20(30-23(31)33)29-19-16(6-3-7-17(19)35-18)34-11-9-27-22(32)28-15-5-2-1-4-14(15)13-36/h1-7,12,36H,8-11,13H2,(H4,24,25,26)(H2,27,28,32)(H,29,30,33). The lowest BCUT2D eigenvalue weighted by molar-refractivity contribution is 0.247. The molecule has 7 N–H and O–H groups in total. The maximum absolute atomic E-state index is 12.4. The van der Waals surface area contributed by atoms with E-state index in [2.05, 4.69) is 38.6 Å². The third-order valence-electron chi connectivity index (χ3n) is 5.13. The summed E-state index contributed by atoms with van der Waals surface area (Å²) in [5.41, 5.74) is 12.3. The molecule has 1 aliphatic rings. The molecule has 0 saturated heterocycles. The van der Waals surface area contributed by atoms with E-state index < -0.39 is 5.69 Å². The van der Waals surface area contributed by atoms with Gasteiger partial charge in [0.25, 0.3) is 0 Å². The summed E-state index contributed by atoms with van der Waals surface area (Å²) >= 11 is 4.27. The van der Waals surface area contributed by atoms with Crippen LogP contribution in [0.4, 0.5) is 22.0 Å². The number of fused-ring (bicyclic) bond motifs is 2. The van der Waals surface area contributed by atoms with Crippen LogP contribution in [0, 0.1) is 0 Å². The van der Waals surface area contributed by atoms with Gasteiger partial charge in [-0.25, -0.2) is 9.59 Å². The first-order valence-corrected chi connectivity index (χ1v) is 11.7. The topological polar surface area (TPSA) is 171 Å². The molecule has 0 atom stereocenters. The van der Waals surface area contributed by atoms with Crippen molar-refractivity contribution in [1.82, 2.24) is 14.9 Å². The Balaban J connectivity index is 1.35. The van der Waals surface area contributed by atoms with Crippen LogP contribution in [0.3, 0.4) is 0 Å². The number of guanidine groups is 1. The van der Waals surface area contributed by atoms with Gasteiger partial charge in [-0.05, 0) is 23.8 Å². The monoisotopic (exact) mass is 510 g/mol. The Labute approximate surface area is 212 Å². The van der Waals surface area contributed by atoms with Crippen molar-refractivity contribution in [2.24, 2.45) is 16.5 Å². The summed E-state index contributed by atoms with van der Waals surface area (Å²) in [6, 6.07) is 12.4. The van der Waals surface area contributed by atoms with Crippen molar-refractivity contribution in [2.45, 2.75) is 12.3 Å². The molecule has 1 aliphatic heterocycles. The molecule has 0 unspecified atom stereocenters. The van der Waals surface area contributed by atoms with E-state index in [4.69, 9.17) is 20.9 Å². The van der Waals surface area contributed by atoms with Crippen molar-refractivity contribution in [3.8, 4) is 17.2 Å². The van der Waals surface area contributed by atoms with Gasteiger partial charge in [-0.15, -0.1) is 0 Å². The lowest BCUT2D eigenvalue weighted by Gasteiger charge is -2.23. The Morgan fingerprint density at radius 1 is 1.19 bits per heavy atom. The number of aliphatic imine (C=N–C) groups is 1. The highest BCUT2D eigenvalue weighted by Gasteiger charge is 2.22. The summed E-state index contributed by atoms with van der Waals surface area (Å²) < 4.78 is 13.2. The fraction of sp³-hybridized carbons (Fsp3) is 0.217. The average molecular weight is 511 g/mol. The number of thiol groups is 1. The van der Waals surface area contributed by atoms with Crippen molar-refractivity contribution in [3.05, 3.63) is 64.7 Å². The van der Waals surface area contributed by atoms with Gasteiger partial charge in [-0.1, -0.05) is 24.3 Å². The van der Waals surface area contributed by atoms with Gasteiger partial charge in [-0.2, -0.15) is 17.6 Å². The zero-order valence-corrected chi connectivity index (χ0v) is 20.1. The van der Waals surface area contributed by atoms with E-state index in [1.54, 1.807) is 24.4 Å². The van der Waals surface area contributed by atoms with Crippen LogP contribution in [-0.4, -0.2) is 41.2 Å². The summed E-state index contributed by atoms with van der Waals surface area (Å²) in [5.74, 6) is 2.09. The number of nitrogens with two attached hydrogens (primary N) is 2. The number of benzene rings is 2. The maximum Gasteiger partial charge on any atom is 0.349 e. The van der Waals surface area contributed by atoms with E-state index in [-0.39, 0.29) is 44.0 Å². The second-order valence-electron chi connectivity index (χ2n) is 7.64. The number of para-hydroxylation sites is 2. The van der Waals surface area contributed by atoms with Crippen molar-refractivity contribution >= 4 is 41.8 Å². The van der Waals surface area contributed by atoms with Crippen molar-refractivity contribution < 1.29 is 14.3 Å². The summed E-state index contributed by atoms with van der Waals surface area (Å²) in [6.07, 6.45) is 1.55. The van der Waals surface area contributed by atoms with Crippen LogP contribution in [0.15, 0.2) is 58.4 Å². The number of amides is 2. The predicted octanol–water partition coefficient (Wildman–Crippen LogP) is 2.00. The molecule has 13 heteroatoms. The first-order valence-electron chi connectivity index (χ1n) is 11.1. The smallest absolute Gasteiger partial charge is 0.349 e. The molecule has 3 aromatic rings. The van der Waals surface area contributed by atoms with Crippen molar-refractivity contribution in [2.75, 3.05) is 30.3 Å². The number of nitrogens with one attached hydrogen (secondary N) is 3. The summed E-state index contributed by atoms with van der Waals surface area (Å²) in [4.78, 5) is 32.5. The highest BCUT2D eigenvalue weighted by Crippen LogP contribution is 2.44. The molecule has 0 fully saturated rings. The number of urea groups is 1. The van der Waals surface area contributed by atoms with Gasteiger partial charge in [0.1, 0.15) is 18.0 Å². The van der Waals surface area contributed by atoms with Gasteiger partial charge >= 0.3 is 11.7 Å².